The largest absolute Gasteiger partial charge is 0.494 e. The molecule has 3 aromatic rings. The number of rotatable bonds is 10. The molecule has 7 heteroatoms. The summed E-state index contributed by atoms with van der Waals surface area (Å²) in [6, 6.07) is 8.05. The smallest absolute Gasteiger partial charge is 0.331 e. The second-order valence-corrected chi connectivity index (χ2v) is 7.61. The normalized spacial score (nSPS) is 12.7. The number of benzene rings is 1. The number of hydrogen-bond donors (Lipinski definition) is 3. The predicted molar refractivity (Wildman–Crippen MR) is 121 cm³/mol. The molecular weight excluding hydrogens is 380 g/mol. The van der Waals surface area contributed by atoms with Gasteiger partial charge < -0.3 is 10.1 Å². The molecule has 0 aliphatic carbocycles. The molecule has 1 atom stereocenters. The Labute approximate surface area is 175 Å². The van der Waals surface area contributed by atoms with Crippen molar-refractivity contribution in [1.82, 2.24) is 14.5 Å². The minimum atomic E-state index is -0.618. The quantitative estimate of drug-likeness (QED) is 0.350. The SMILES string of the molecule is CCCCCCn1c(O)c(C=NC(CC)Cc2c[nH]c3ccccc23)c(=O)[nH]c1=O. The van der Waals surface area contributed by atoms with Crippen molar-refractivity contribution in [2.45, 2.75) is 65.0 Å². The first-order chi connectivity index (χ1) is 14.5. The number of fused-ring (bicyclic) bond motifs is 1. The zero-order valence-electron chi connectivity index (χ0n) is 17.6. The van der Waals surface area contributed by atoms with E-state index in [4.69, 9.17) is 0 Å². The summed E-state index contributed by atoms with van der Waals surface area (Å²) in [6.07, 6.45) is 8.77. The highest BCUT2D eigenvalue weighted by Crippen LogP contribution is 2.21. The van der Waals surface area contributed by atoms with Crippen LogP contribution < -0.4 is 11.2 Å². The van der Waals surface area contributed by atoms with E-state index in [-0.39, 0.29) is 17.5 Å². The molecule has 0 aliphatic rings. The van der Waals surface area contributed by atoms with E-state index in [1.807, 2.05) is 31.3 Å². The van der Waals surface area contributed by atoms with Crippen molar-refractivity contribution in [2.24, 2.45) is 4.99 Å². The van der Waals surface area contributed by atoms with Crippen LogP contribution in [0.15, 0.2) is 45.0 Å². The maximum absolute atomic E-state index is 12.3. The number of para-hydroxylation sites is 1. The van der Waals surface area contributed by atoms with Crippen LogP contribution in [0.1, 0.15) is 57.1 Å². The van der Waals surface area contributed by atoms with Crippen LogP contribution in [0.4, 0.5) is 0 Å². The molecule has 0 saturated heterocycles. The average molecular weight is 411 g/mol. The molecule has 0 spiro atoms. The second-order valence-electron chi connectivity index (χ2n) is 7.61. The highest BCUT2D eigenvalue weighted by atomic mass is 16.3. The fraction of sp³-hybridized carbons (Fsp3) is 0.435. The van der Waals surface area contributed by atoms with Gasteiger partial charge in [0.1, 0.15) is 5.56 Å². The third-order valence-corrected chi connectivity index (χ3v) is 5.46. The molecule has 0 saturated carbocycles. The molecule has 1 unspecified atom stereocenters. The van der Waals surface area contributed by atoms with Crippen LogP contribution in [0, 0.1) is 0 Å². The summed E-state index contributed by atoms with van der Waals surface area (Å²) in [5.41, 5.74) is 1.07. The van der Waals surface area contributed by atoms with Crippen molar-refractivity contribution in [2.75, 3.05) is 0 Å². The Hall–Kier alpha value is -3.09. The van der Waals surface area contributed by atoms with Crippen LogP contribution in [-0.2, 0) is 13.0 Å². The molecule has 1 aromatic carbocycles. The molecule has 2 heterocycles. The van der Waals surface area contributed by atoms with Crippen molar-refractivity contribution < 1.29 is 5.11 Å². The summed E-state index contributed by atoms with van der Waals surface area (Å²) in [5, 5.41) is 11.7. The van der Waals surface area contributed by atoms with Gasteiger partial charge in [0.25, 0.3) is 5.56 Å². The van der Waals surface area contributed by atoms with Crippen LogP contribution in [-0.4, -0.2) is 31.9 Å². The minimum Gasteiger partial charge on any atom is -0.494 e. The van der Waals surface area contributed by atoms with Gasteiger partial charge in [0.15, 0.2) is 0 Å². The molecule has 0 amide bonds. The van der Waals surface area contributed by atoms with Gasteiger partial charge in [-0.15, -0.1) is 0 Å². The zero-order chi connectivity index (χ0) is 21.5. The average Bonchev–Trinajstić information content (AvgIpc) is 3.14. The summed E-state index contributed by atoms with van der Waals surface area (Å²) < 4.78 is 1.22. The van der Waals surface area contributed by atoms with E-state index >= 15 is 0 Å². The minimum absolute atomic E-state index is 0.0301. The summed E-state index contributed by atoms with van der Waals surface area (Å²) in [5.74, 6) is -0.314. The topological polar surface area (TPSA) is 103 Å². The maximum Gasteiger partial charge on any atom is 0.331 e. The molecule has 3 N–H and O–H groups in total. The van der Waals surface area contributed by atoms with Crippen LogP contribution in [0.25, 0.3) is 10.9 Å². The zero-order valence-corrected chi connectivity index (χ0v) is 17.6. The number of unbranched alkanes of at least 4 members (excludes halogenated alkanes) is 3. The highest BCUT2D eigenvalue weighted by molar-refractivity contribution is 5.83. The molecule has 7 nitrogen and oxygen atoms in total. The Bertz CT molecular complexity index is 1120. The summed E-state index contributed by atoms with van der Waals surface area (Å²) >= 11 is 0. The third kappa shape index (κ3) is 4.90. The Morgan fingerprint density at radius 3 is 2.73 bits per heavy atom. The van der Waals surface area contributed by atoms with E-state index in [1.54, 1.807) is 0 Å². The van der Waals surface area contributed by atoms with Gasteiger partial charge in [-0.25, -0.2) is 4.79 Å². The fourth-order valence-corrected chi connectivity index (χ4v) is 3.63. The molecule has 0 aliphatic heterocycles. The molecule has 0 fully saturated rings. The van der Waals surface area contributed by atoms with E-state index in [2.05, 4.69) is 28.0 Å². The monoisotopic (exact) mass is 410 g/mol. The number of aliphatic imine (C=N–C) groups is 1. The number of hydrogen-bond acceptors (Lipinski definition) is 4. The van der Waals surface area contributed by atoms with E-state index in [1.165, 1.54) is 10.8 Å². The molecule has 3 rings (SSSR count). The van der Waals surface area contributed by atoms with Crippen LogP contribution in [0.5, 0.6) is 5.88 Å². The van der Waals surface area contributed by atoms with Gasteiger partial charge in [-0.05, 0) is 30.9 Å². The number of nitrogens with one attached hydrogen (secondary N) is 2. The highest BCUT2D eigenvalue weighted by Gasteiger charge is 2.14. The van der Waals surface area contributed by atoms with Gasteiger partial charge >= 0.3 is 5.69 Å². The first-order valence-corrected chi connectivity index (χ1v) is 10.7. The van der Waals surface area contributed by atoms with Gasteiger partial charge in [0, 0.05) is 29.9 Å². The number of aromatic hydroxyl groups is 1. The predicted octanol–water partition coefficient (Wildman–Crippen LogP) is 3.74. The number of aromatic nitrogens is 3. The van der Waals surface area contributed by atoms with Crippen LogP contribution in [0.3, 0.4) is 0 Å². The molecular formula is C23H30N4O3. The lowest BCUT2D eigenvalue weighted by Gasteiger charge is -2.11. The second kappa shape index (κ2) is 10.1. The first kappa shape index (κ1) is 21.6. The summed E-state index contributed by atoms with van der Waals surface area (Å²) in [7, 11) is 0. The third-order valence-electron chi connectivity index (χ3n) is 5.46. The number of aromatic amines is 2. The van der Waals surface area contributed by atoms with E-state index in [9.17, 15) is 14.7 Å². The van der Waals surface area contributed by atoms with Gasteiger partial charge in [-0.2, -0.15) is 0 Å². The molecule has 0 bridgehead atoms. The first-order valence-electron chi connectivity index (χ1n) is 10.7. The molecule has 0 radical (unpaired) electrons. The number of nitrogens with zero attached hydrogens (tertiary/aromatic N) is 2. The Morgan fingerprint density at radius 2 is 1.97 bits per heavy atom. The molecule has 160 valence electrons. The van der Waals surface area contributed by atoms with Gasteiger partial charge in [0.2, 0.25) is 5.88 Å². The Kier molecular flexibility index (Phi) is 7.27. The summed E-state index contributed by atoms with van der Waals surface area (Å²) in [6.45, 7) is 4.52. The van der Waals surface area contributed by atoms with Crippen molar-refractivity contribution >= 4 is 17.1 Å². The van der Waals surface area contributed by atoms with Crippen molar-refractivity contribution in [3.05, 3.63) is 62.4 Å². The maximum atomic E-state index is 12.3. The molecule has 2 aromatic heterocycles. The van der Waals surface area contributed by atoms with E-state index < -0.39 is 11.2 Å². The lowest BCUT2D eigenvalue weighted by atomic mass is 10.0. The van der Waals surface area contributed by atoms with Gasteiger partial charge in [-0.3, -0.25) is 19.3 Å². The van der Waals surface area contributed by atoms with Gasteiger partial charge in [-0.1, -0.05) is 51.3 Å². The van der Waals surface area contributed by atoms with Crippen LogP contribution >= 0.6 is 0 Å². The fourth-order valence-electron chi connectivity index (χ4n) is 3.63. The summed E-state index contributed by atoms with van der Waals surface area (Å²) in [4.78, 5) is 34.5. The lowest BCUT2D eigenvalue weighted by Crippen LogP contribution is -2.32. The van der Waals surface area contributed by atoms with Gasteiger partial charge in [0.05, 0.1) is 6.04 Å². The van der Waals surface area contributed by atoms with E-state index in [0.717, 1.165) is 48.6 Å². The van der Waals surface area contributed by atoms with Crippen molar-refractivity contribution in [3.63, 3.8) is 0 Å². The molecule has 30 heavy (non-hydrogen) atoms. The Morgan fingerprint density at radius 1 is 1.17 bits per heavy atom. The van der Waals surface area contributed by atoms with Crippen LogP contribution in [0.2, 0.25) is 0 Å². The lowest BCUT2D eigenvalue weighted by molar-refractivity contribution is 0.392. The van der Waals surface area contributed by atoms with E-state index in [0.29, 0.717) is 13.0 Å². The standard InChI is InChI=1S/C23H30N4O3/c1-3-5-6-9-12-27-22(29)19(21(28)26-23(27)30)15-24-17(4-2)13-16-14-25-20-11-8-7-10-18(16)20/h7-8,10-11,14-15,17,25,29H,3-6,9,12-13H2,1-2H3,(H,26,28,30). The Balaban J connectivity index is 1.80. The number of H-pyrrole nitrogens is 2. The van der Waals surface area contributed by atoms with Crippen molar-refractivity contribution in [1.29, 1.82) is 0 Å². The van der Waals surface area contributed by atoms with Crippen molar-refractivity contribution in [3.8, 4) is 5.88 Å².